The number of aliphatic hydroxyl groups is 1. The van der Waals surface area contributed by atoms with Crippen LogP contribution in [0.2, 0.25) is 0 Å². The summed E-state index contributed by atoms with van der Waals surface area (Å²) in [5.41, 5.74) is -0.233. The van der Waals surface area contributed by atoms with Gasteiger partial charge in [-0.05, 0) is 33.6 Å². The third-order valence-corrected chi connectivity index (χ3v) is 2.04. The molecule has 1 atom stereocenters. The van der Waals surface area contributed by atoms with Gasteiger partial charge in [0.1, 0.15) is 0 Å². The van der Waals surface area contributed by atoms with Crippen molar-refractivity contribution in [2.45, 2.75) is 78.1 Å². The van der Waals surface area contributed by atoms with Crippen LogP contribution in [0.5, 0.6) is 0 Å². The summed E-state index contributed by atoms with van der Waals surface area (Å²) in [6, 6.07) is 0. The molecule has 0 saturated carbocycles. The second-order valence-electron chi connectivity index (χ2n) is 4.89. The first-order chi connectivity index (χ1) is 6.45. The smallest absolute Gasteiger partial charge is 0.155 e. The molecule has 0 heterocycles. The van der Waals surface area contributed by atoms with Crippen molar-refractivity contribution in [3.63, 3.8) is 0 Å². The van der Waals surface area contributed by atoms with Crippen molar-refractivity contribution < 1.29 is 9.84 Å². The van der Waals surface area contributed by atoms with Crippen LogP contribution in [0.25, 0.3) is 0 Å². The summed E-state index contributed by atoms with van der Waals surface area (Å²) >= 11 is 0. The average molecular weight is 202 g/mol. The van der Waals surface area contributed by atoms with Crippen LogP contribution in [0.15, 0.2) is 0 Å². The Morgan fingerprint density at radius 2 is 1.64 bits per heavy atom. The maximum atomic E-state index is 9.52. The molecule has 0 rings (SSSR count). The highest BCUT2D eigenvalue weighted by atomic mass is 16.6. The summed E-state index contributed by atoms with van der Waals surface area (Å²) in [6.45, 7) is 8.10. The van der Waals surface area contributed by atoms with Gasteiger partial charge in [0, 0.05) is 0 Å². The summed E-state index contributed by atoms with van der Waals surface area (Å²) < 4.78 is 5.40. The van der Waals surface area contributed by atoms with E-state index < -0.39 is 6.29 Å². The van der Waals surface area contributed by atoms with Gasteiger partial charge >= 0.3 is 0 Å². The van der Waals surface area contributed by atoms with E-state index in [2.05, 4.69) is 6.92 Å². The molecule has 1 N–H and O–H groups in total. The van der Waals surface area contributed by atoms with Crippen LogP contribution in [-0.4, -0.2) is 17.0 Å². The van der Waals surface area contributed by atoms with Crippen LogP contribution in [0, 0.1) is 0 Å². The van der Waals surface area contributed by atoms with Gasteiger partial charge in [-0.1, -0.05) is 32.6 Å². The Balaban J connectivity index is 3.31. The topological polar surface area (TPSA) is 29.5 Å². The Morgan fingerprint density at radius 1 is 1.07 bits per heavy atom. The third kappa shape index (κ3) is 10.0. The molecule has 1 unspecified atom stereocenters. The van der Waals surface area contributed by atoms with Gasteiger partial charge < -0.3 is 9.84 Å². The largest absolute Gasteiger partial charge is 0.368 e. The van der Waals surface area contributed by atoms with Crippen molar-refractivity contribution in [1.82, 2.24) is 0 Å². The Kier molecular flexibility index (Phi) is 7.20. The lowest BCUT2D eigenvalue weighted by molar-refractivity contribution is -0.168. The second kappa shape index (κ2) is 7.24. The highest BCUT2D eigenvalue weighted by Gasteiger charge is 2.15. The summed E-state index contributed by atoms with van der Waals surface area (Å²) in [5, 5.41) is 9.52. The van der Waals surface area contributed by atoms with Gasteiger partial charge in [-0.25, -0.2) is 0 Å². The van der Waals surface area contributed by atoms with E-state index >= 15 is 0 Å². The zero-order valence-corrected chi connectivity index (χ0v) is 10.2. The maximum absolute atomic E-state index is 9.52. The molecule has 0 aliphatic rings. The summed E-state index contributed by atoms with van der Waals surface area (Å²) in [7, 11) is 0. The van der Waals surface area contributed by atoms with E-state index in [1.165, 1.54) is 25.7 Å². The van der Waals surface area contributed by atoms with E-state index in [0.29, 0.717) is 0 Å². The Bertz CT molecular complexity index is 127. The highest BCUT2D eigenvalue weighted by molar-refractivity contribution is 4.60. The van der Waals surface area contributed by atoms with E-state index in [1.807, 2.05) is 20.8 Å². The van der Waals surface area contributed by atoms with E-state index in [4.69, 9.17) is 4.74 Å². The monoisotopic (exact) mass is 202 g/mol. The molecular weight excluding hydrogens is 176 g/mol. The van der Waals surface area contributed by atoms with E-state index in [-0.39, 0.29) is 5.60 Å². The van der Waals surface area contributed by atoms with Gasteiger partial charge in [-0.2, -0.15) is 0 Å². The lowest BCUT2D eigenvalue weighted by Crippen LogP contribution is -2.27. The fourth-order valence-electron chi connectivity index (χ4n) is 1.39. The lowest BCUT2D eigenvalue weighted by atomic mass is 10.1. The van der Waals surface area contributed by atoms with Crippen molar-refractivity contribution in [1.29, 1.82) is 0 Å². The number of rotatable bonds is 7. The van der Waals surface area contributed by atoms with Crippen molar-refractivity contribution in [2.75, 3.05) is 0 Å². The molecule has 0 bridgehead atoms. The second-order valence-corrected chi connectivity index (χ2v) is 4.89. The molecule has 0 fully saturated rings. The molecule has 0 aliphatic carbocycles. The molecule has 0 aromatic carbocycles. The van der Waals surface area contributed by atoms with Crippen LogP contribution in [-0.2, 0) is 4.74 Å². The van der Waals surface area contributed by atoms with Gasteiger partial charge in [0.2, 0.25) is 0 Å². The van der Waals surface area contributed by atoms with Crippen LogP contribution >= 0.6 is 0 Å². The zero-order valence-electron chi connectivity index (χ0n) is 10.2. The van der Waals surface area contributed by atoms with Gasteiger partial charge in [0.15, 0.2) is 6.29 Å². The molecule has 0 aromatic rings. The first kappa shape index (κ1) is 13.9. The molecule has 0 amide bonds. The van der Waals surface area contributed by atoms with Gasteiger partial charge in [-0.15, -0.1) is 0 Å². The highest BCUT2D eigenvalue weighted by Crippen LogP contribution is 2.14. The number of ether oxygens (including phenoxy) is 1. The molecule has 0 aliphatic heterocycles. The number of hydrogen-bond acceptors (Lipinski definition) is 2. The molecule has 86 valence electrons. The van der Waals surface area contributed by atoms with Crippen LogP contribution in [0.1, 0.15) is 66.2 Å². The van der Waals surface area contributed by atoms with Crippen LogP contribution in [0.3, 0.4) is 0 Å². The summed E-state index contributed by atoms with van der Waals surface area (Å²) in [5.74, 6) is 0. The first-order valence-corrected chi connectivity index (χ1v) is 5.81. The first-order valence-electron chi connectivity index (χ1n) is 5.81. The molecule has 2 heteroatoms. The maximum Gasteiger partial charge on any atom is 0.155 e. The lowest BCUT2D eigenvalue weighted by Gasteiger charge is -2.23. The number of aliphatic hydroxyl groups excluding tert-OH is 1. The van der Waals surface area contributed by atoms with Crippen molar-refractivity contribution in [2.24, 2.45) is 0 Å². The molecule has 14 heavy (non-hydrogen) atoms. The summed E-state index contributed by atoms with van der Waals surface area (Å²) in [4.78, 5) is 0. The predicted molar refractivity (Wildman–Crippen MR) is 60.2 cm³/mol. The SMILES string of the molecule is CCCCCCCC(O)OC(C)(C)C. The van der Waals surface area contributed by atoms with Crippen molar-refractivity contribution in [3.8, 4) is 0 Å². The third-order valence-electron chi connectivity index (χ3n) is 2.04. The van der Waals surface area contributed by atoms with Gasteiger partial charge in [0.05, 0.1) is 5.60 Å². The molecule has 0 aromatic heterocycles. The number of hydrogen-bond donors (Lipinski definition) is 1. The van der Waals surface area contributed by atoms with E-state index in [1.54, 1.807) is 0 Å². The Hall–Kier alpha value is -0.0800. The van der Waals surface area contributed by atoms with E-state index in [0.717, 1.165) is 12.8 Å². The molecule has 0 radical (unpaired) electrons. The molecule has 0 spiro atoms. The fraction of sp³-hybridized carbons (Fsp3) is 1.00. The average Bonchev–Trinajstić information content (AvgIpc) is 2.00. The van der Waals surface area contributed by atoms with Crippen LogP contribution in [0.4, 0.5) is 0 Å². The Morgan fingerprint density at radius 3 is 2.14 bits per heavy atom. The van der Waals surface area contributed by atoms with Crippen molar-refractivity contribution >= 4 is 0 Å². The summed E-state index contributed by atoms with van der Waals surface area (Å²) in [6.07, 6.45) is 6.30. The van der Waals surface area contributed by atoms with Crippen LogP contribution < -0.4 is 0 Å². The van der Waals surface area contributed by atoms with Gasteiger partial charge in [0.25, 0.3) is 0 Å². The van der Waals surface area contributed by atoms with E-state index in [9.17, 15) is 5.11 Å². The minimum atomic E-state index is -0.586. The quantitative estimate of drug-likeness (QED) is 0.506. The number of unbranched alkanes of at least 4 members (excludes halogenated alkanes) is 4. The predicted octanol–water partition coefficient (Wildman–Crippen LogP) is 3.48. The van der Waals surface area contributed by atoms with Gasteiger partial charge in [-0.3, -0.25) is 0 Å². The minimum absolute atomic E-state index is 0.233. The minimum Gasteiger partial charge on any atom is -0.368 e. The molecule has 2 nitrogen and oxygen atoms in total. The Labute approximate surface area is 88.7 Å². The molecule has 0 saturated heterocycles. The molecular formula is C12H26O2. The fourth-order valence-corrected chi connectivity index (χ4v) is 1.39. The normalized spacial score (nSPS) is 14.4. The van der Waals surface area contributed by atoms with Crippen molar-refractivity contribution in [3.05, 3.63) is 0 Å². The zero-order chi connectivity index (χ0) is 11.0. The standard InChI is InChI=1S/C12H26O2/c1-5-6-7-8-9-10-11(13)14-12(2,3)4/h11,13H,5-10H2,1-4H3.